The average Bonchev–Trinajstić information content (AvgIpc) is 3.03. The molecule has 24 heavy (non-hydrogen) atoms. The molecule has 0 saturated carbocycles. The van der Waals surface area contributed by atoms with Gasteiger partial charge < -0.3 is 4.90 Å². The van der Waals surface area contributed by atoms with Gasteiger partial charge in [-0.2, -0.15) is 0 Å². The Morgan fingerprint density at radius 3 is 2.42 bits per heavy atom. The normalized spacial score (nSPS) is 17.9. The molecule has 0 aliphatic carbocycles. The highest BCUT2D eigenvalue weighted by molar-refractivity contribution is 7.91. The Kier molecular flexibility index (Phi) is 4.92. The summed E-state index contributed by atoms with van der Waals surface area (Å²) >= 11 is 5.86. The van der Waals surface area contributed by atoms with Crippen LogP contribution in [0.2, 0.25) is 5.02 Å². The molecule has 1 atom stereocenters. The molecule has 6 heteroatoms. The molecule has 1 unspecified atom stereocenters. The Morgan fingerprint density at radius 1 is 1.08 bits per heavy atom. The van der Waals surface area contributed by atoms with Gasteiger partial charge in [-0.1, -0.05) is 29.8 Å². The maximum absolute atomic E-state index is 12.7. The Balaban J connectivity index is 1.78. The fourth-order valence-corrected chi connectivity index (χ4v) is 4.76. The highest BCUT2D eigenvalue weighted by Gasteiger charge is 2.33. The predicted octanol–water partition coefficient (Wildman–Crippen LogP) is 3.42. The van der Waals surface area contributed by atoms with Crippen LogP contribution in [0.15, 0.2) is 59.5 Å². The lowest BCUT2D eigenvalue weighted by Crippen LogP contribution is -2.39. The van der Waals surface area contributed by atoms with E-state index in [-0.39, 0.29) is 17.7 Å². The van der Waals surface area contributed by atoms with Crippen molar-refractivity contribution in [1.82, 2.24) is 4.90 Å². The fraction of sp³-hybridized carbons (Fsp3) is 0.278. The first-order chi connectivity index (χ1) is 11.5. The van der Waals surface area contributed by atoms with E-state index >= 15 is 0 Å². The fourth-order valence-electron chi connectivity index (χ4n) is 3.01. The van der Waals surface area contributed by atoms with E-state index in [9.17, 15) is 13.2 Å². The van der Waals surface area contributed by atoms with Crippen LogP contribution in [0.1, 0.15) is 23.2 Å². The monoisotopic (exact) mass is 363 g/mol. The minimum absolute atomic E-state index is 0.0453. The second-order valence-corrected chi connectivity index (χ2v) is 8.37. The lowest BCUT2D eigenvalue weighted by molar-refractivity contribution is 0.0749. The molecule has 0 N–H and O–H groups in total. The summed E-state index contributed by atoms with van der Waals surface area (Å²) in [5.74, 6) is -0.187. The van der Waals surface area contributed by atoms with E-state index < -0.39 is 9.84 Å². The molecule has 0 bridgehead atoms. The maximum Gasteiger partial charge on any atom is 0.254 e. The van der Waals surface area contributed by atoms with Crippen LogP contribution in [-0.4, -0.2) is 37.6 Å². The number of hydrogen-bond donors (Lipinski definition) is 0. The highest BCUT2D eigenvalue weighted by atomic mass is 35.5. The molecule has 1 aliphatic rings. The van der Waals surface area contributed by atoms with Crippen LogP contribution in [-0.2, 0) is 9.84 Å². The van der Waals surface area contributed by atoms with E-state index in [1.807, 2.05) is 0 Å². The number of carbonyl (C=O) groups is 1. The third kappa shape index (κ3) is 3.62. The zero-order chi connectivity index (χ0) is 17.2. The summed E-state index contributed by atoms with van der Waals surface area (Å²) in [4.78, 5) is 14.7. The number of halogens is 1. The molecule has 3 rings (SSSR count). The van der Waals surface area contributed by atoms with Gasteiger partial charge in [-0.25, -0.2) is 8.42 Å². The van der Waals surface area contributed by atoms with Crippen molar-refractivity contribution in [3.05, 3.63) is 65.2 Å². The molecule has 0 aromatic heterocycles. The highest BCUT2D eigenvalue weighted by Crippen LogP contribution is 2.24. The second kappa shape index (κ2) is 6.95. The van der Waals surface area contributed by atoms with Crippen molar-refractivity contribution in [1.29, 1.82) is 0 Å². The largest absolute Gasteiger partial charge is 0.335 e. The average molecular weight is 364 g/mol. The summed E-state index contributed by atoms with van der Waals surface area (Å²) in [6, 6.07) is 14.8. The molecule has 1 heterocycles. The number of amides is 1. The van der Waals surface area contributed by atoms with Gasteiger partial charge in [0.25, 0.3) is 5.91 Å². The first kappa shape index (κ1) is 17.0. The molecular weight excluding hydrogens is 346 g/mol. The van der Waals surface area contributed by atoms with Crippen LogP contribution in [0, 0.1) is 0 Å². The Bertz CT molecular complexity index is 819. The standard InChI is InChI=1S/C18H18ClNO3S/c19-15-10-8-14(9-11-15)18(21)20-12-4-5-16(20)13-24(22,23)17-6-2-1-3-7-17/h1-3,6-11,16H,4-5,12-13H2. The van der Waals surface area contributed by atoms with Gasteiger partial charge in [-0.05, 0) is 49.2 Å². The van der Waals surface area contributed by atoms with E-state index in [4.69, 9.17) is 11.6 Å². The first-order valence-electron chi connectivity index (χ1n) is 7.82. The molecule has 4 nitrogen and oxygen atoms in total. The summed E-state index contributed by atoms with van der Waals surface area (Å²) in [6.45, 7) is 0.580. The molecule has 1 saturated heterocycles. The zero-order valence-electron chi connectivity index (χ0n) is 13.1. The molecular formula is C18H18ClNO3S. The molecule has 1 fully saturated rings. The van der Waals surface area contributed by atoms with Crippen molar-refractivity contribution in [2.24, 2.45) is 0 Å². The van der Waals surface area contributed by atoms with Crippen molar-refractivity contribution in [3.63, 3.8) is 0 Å². The van der Waals surface area contributed by atoms with Gasteiger partial charge in [0.1, 0.15) is 0 Å². The lowest BCUT2D eigenvalue weighted by Gasteiger charge is -2.24. The van der Waals surface area contributed by atoms with Crippen LogP contribution in [0.25, 0.3) is 0 Å². The first-order valence-corrected chi connectivity index (χ1v) is 9.85. The summed E-state index contributed by atoms with van der Waals surface area (Å²) < 4.78 is 25.2. The predicted molar refractivity (Wildman–Crippen MR) is 94.0 cm³/mol. The second-order valence-electron chi connectivity index (χ2n) is 5.90. The van der Waals surface area contributed by atoms with Crippen LogP contribution < -0.4 is 0 Å². The zero-order valence-corrected chi connectivity index (χ0v) is 14.6. The van der Waals surface area contributed by atoms with Crippen LogP contribution in [0.5, 0.6) is 0 Å². The summed E-state index contributed by atoms with van der Waals surface area (Å²) in [7, 11) is -3.41. The van der Waals surface area contributed by atoms with Crippen molar-refractivity contribution in [3.8, 4) is 0 Å². The minimum Gasteiger partial charge on any atom is -0.335 e. The van der Waals surface area contributed by atoms with E-state index in [0.29, 0.717) is 28.4 Å². The van der Waals surface area contributed by atoms with Crippen molar-refractivity contribution < 1.29 is 13.2 Å². The van der Waals surface area contributed by atoms with Gasteiger partial charge in [0.15, 0.2) is 9.84 Å². The van der Waals surface area contributed by atoms with Gasteiger partial charge in [-0.15, -0.1) is 0 Å². The summed E-state index contributed by atoms with van der Waals surface area (Å²) in [6.07, 6.45) is 1.51. The maximum atomic E-state index is 12.7. The van der Waals surface area contributed by atoms with Crippen molar-refractivity contribution in [2.75, 3.05) is 12.3 Å². The number of likely N-dealkylation sites (tertiary alicyclic amines) is 1. The van der Waals surface area contributed by atoms with Gasteiger partial charge in [0.2, 0.25) is 0 Å². The molecule has 1 aliphatic heterocycles. The number of sulfone groups is 1. The summed E-state index contributed by atoms with van der Waals surface area (Å²) in [5.41, 5.74) is 0.531. The van der Waals surface area contributed by atoms with Crippen LogP contribution >= 0.6 is 11.6 Å². The van der Waals surface area contributed by atoms with Crippen LogP contribution in [0.3, 0.4) is 0 Å². The van der Waals surface area contributed by atoms with Crippen molar-refractivity contribution >= 4 is 27.3 Å². The van der Waals surface area contributed by atoms with E-state index in [1.165, 1.54) is 0 Å². The number of carbonyl (C=O) groups excluding carboxylic acids is 1. The third-order valence-electron chi connectivity index (χ3n) is 4.24. The minimum atomic E-state index is -3.41. The Labute approximate surface area is 147 Å². The van der Waals surface area contributed by atoms with E-state index in [0.717, 1.165) is 6.42 Å². The van der Waals surface area contributed by atoms with Gasteiger partial charge in [0, 0.05) is 23.2 Å². The Morgan fingerprint density at radius 2 is 1.75 bits per heavy atom. The van der Waals surface area contributed by atoms with E-state index in [1.54, 1.807) is 59.5 Å². The third-order valence-corrected chi connectivity index (χ3v) is 6.31. The quantitative estimate of drug-likeness (QED) is 0.836. The molecule has 1 amide bonds. The number of nitrogens with zero attached hydrogens (tertiary/aromatic N) is 1. The van der Waals surface area contributed by atoms with Crippen LogP contribution in [0.4, 0.5) is 0 Å². The van der Waals surface area contributed by atoms with Gasteiger partial charge in [-0.3, -0.25) is 4.79 Å². The SMILES string of the molecule is O=C(c1ccc(Cl)cc1)N1CCCC1CS(=O)(=O)c1ccccc1. The molecule has 0 spiro atoms. The molecule has 2 aromatic carbocycles. The van der Waals surface area contributed by atoms with Gasteiger partial charge in [0.05, 0.1) is 10.6 Å². The van der Waals surface area contributed by atoms with Crippen molar-refractivity contribution in [2.45, 2.75) is 23.8 Å². The lowest BCUT2D eigenvalue weighted by atomic mass is 10.2. The van der Waals surface area contributed by atoms with E-state index in [2.05, 4.69) is 0 Å². The number of hydrogen-bond acceptors (Lipinski definition) is 3. The number of rotatable bonds is 4. The number of benzene rings is 2. The molecule has 2 aromatic rings. The Hall–Kier alpha value is -1.85. The molecule has 126 valence electrons. The topological polar surface area (TPSA) is 54.5 Å². The molecule has 0 radical (unpaired) electrons. The summed E-state index contributed by atoms with van der Waals surface area (Å²) in [5, 5.41) is 0.566. The van der Waals surface area contributed by atoms with Gasteiger partial charge >= 0.3 is 0 Å². The smallest absolute Gasteiger partial charge is 0.254 e.